The average Bonchev–Trinajstić information content (AvgIpc) is 2.31. The van der Waals surface area contributed by atoms with Crippen LogP contribution >= 0.6 is 0 Å². The van der Waals surface area contributed by atoms with Gasteiger partial charge in [-0.2, -0.15) is 0 Å². The van der Waals surface area contributed by atoms with Gasteiger partial charge in [0.25, 0.3) is 0 Å². The maximum absolute atomic E-state index is 9.22. The number of aliphatic hydroxyl groups excluding tert-OH is 1. The van der Waals surface area contributed by atoms with Crippen molar-refractivity contribution in [3.63, 3.8) is 0 Å². The molecule has 0 bridgehead atoms. The summed E-state index contributed by atoms with van der Waals surface area (Å²) in [5, 5.41) is 9.22. The van der Waals surface area contributed by atoms with Crippen LogP contribution in [0.4, 0.5) is 0 Å². The van der Waals surface area contributed by atoms with Crippen LogP contribution in [0, 0.1) is 0 Å². The topological polar surface area (TPSA) is 32.7 Å². The van der Waals surface area contributed by atoms with E-state index in [0.29, 0.717) is 6.61 Å². The molecule has 1 aliphatic rings. The highest BCUT2D eigenvalue weighted by Crippen LogP contribution is 2.11. The molecule has 0 radical (unpaired) electrons. The molecule has 1 aromatic carbocycles. The molecule has 1 fully saturated rings. The smallest absolute Gasteiger partial charge is 0.0644 e. The molecule has 2 rings (SSSR count). The number of ether oxygens (including phenoxy) is 1. The summed E-state index contributed by atoms with van der Waals surface area (Å²) in [5.41, 5.74) is 1.29. The van der Waals surface area contributed by atoms with E-state index in [1.165, 1.54) is 5.56 Å². The Morgan fingerprint density at radius 1 is 1.33 bits per heavy atom. The average molecular weight is 207 g/mol. The number of hydrogen-bond donors (Lipinski definition) is 1. The van der Waals surface area contributed by atoms with Gasteiger partial charge in [0, 0.05) is 13.1 Å². The summed E-state index contributed by atoms with van der Waals surface area (Å²) in [5.74, 6) is 0. The zero-order valence-corrected chi connectivity index (χ0v) is 8.80. The van der Waals surface area contributed by atoms with Gasteiger partial charge in [0.05, 0.1) is 25.9 Å². The predicted molar refractivity (Wildman–Crippen MR) is 58.5 cm³/mol. The normalized spacial score (nSPS) is 22.9. The minimum absolute atomic E-state index is 0.152. The van der Waals surface area contributed by atoms with E-state index in [1.54, 1.807) is 0 Å². The van der Waals surface area contributed by atoms with E-state index in [4.69, 9.17) is 4.74 Å². The van der Waals surface area contributed by atoms with Gasteiger partial charge in [-0.1, -0.05) is 30.3 Å². The van der Waals surface area contributed by atoms with Gasteiger partial charge in [0.15, 0.2) is 0 Å². The maximum atomic E-state index is 9.22. The highest BCUT2D eigenvalue weighted by atomic mass is 16.5. The van der Waals surface area contributed by atoms with Crippen molar-refractivity contribution in [2.75, 3.05) is 26.4 Å². The van der Waals surface area contributed by atoms with Crippen molar-refractivity contribution in [3.8, 4) is 0 Å². The van der Waals surface area contributed by atoms with E-state index in [0.717, 1.165) is 19.7 Å². The van der Waals surface area contributed by atoms with E-state index in [2.05, 4.69) is 17.0 Å². The highest BCUT2D eigenvalue weighted by Gasteiger charge is 2.21. The van der Waals surface area contributed by atoms with Crippen LogP contribution in [0.5, 0.6) is 0 Å². The molecule has 15 heavy (non-hydrogen) atoms. The van der Waals surface area contributed by atoms with Crippen LogP contribution in [0.1, 0.15) is 5.56 Å². The lowest BCUT2D eigenvalue weighted by molar-refractivity contribution is -0.0312. The second kappa shape index (κ2) is 5.26. The van der Waals surface area contributed by atoms with Gasteiger partial charge in [-0.15, -0.1) is 0 Å². The molecule has 0 amide bonds. The number of benzene rings is 1. The van der Waals surface area contributed by atoms with Gasteiger partial charge in [-0.3, -0.25) is 4.90 Å². The predicted octanol–water partition coefficient (Wildman–Crippen LogP) is 0.880. The summed E-state index contributed by atoms with van der Waals surface area (Å²) < 4.78 is 5.34. The quantitative estimate of drug-likeness (QED) is 0.798. The molecular formula is C12H17NO2. The molecule has 1 saturated heterocycles. The third-order valence-electron chi connectivity index (χ3n) is 2.79. The number of morpholine rings is 1. The minimum Gasteiger partial charge on any atom is -0.395 e. The molecule has 3 heteroatoms. The van der Waals surface area contributed by atoms with Crippen LogP contribution in [0.2, 0.25) is 0 Å². The van der Waals surface area contributed by atoms with Gasteiger partial charge in [-0.25, -0.2) is 0 Å². The Kier molecular flexibility index (Phi) is 3.72. The zero-order valence-electron chi connectivity index (χ0n) is 8.80. The highest BCUT2D eigenvalue weighted by molar-refractivity contribution is 5.14. The fraction of sp³-hybridized carbons (Fsp3) is 0.500. The van der Waals surface area contributed by atoms with Crippen molar-refractivity contribution in [2.45, 2.75) is 12.6 Å². The first-order chi connectivity index (χ1) is 7.40. The lowest BCUT2D eigenvalue weighted by atomic mass is 10.1. The molecule has 3 nitrogen and oxygen atoms in total. The van der Waals surface area contributed by atoms with Gasteiger partial charge in [0.1, 0.15) is 0 Å². The lowest BCUT2D eigenvalue weighted by Gasteiger charge is -2.34. The molecule has 0 aromatic heterocycles. The van der Waals surface area contributed by atoms with E-state index < -0.39 is 0 Å². The first-order valence-corrected chi connectivity index (χ1v) is 5.36. The summed E-state index contributed by atoms with van der Waals surface area (Å²) >= 11 is 0. The third kappa shape index (κ3) is 2.78. The Balaban J connectivity index is 1.97. The number of rotatable bonds is 3. The SMILES string of the molecule is OC[C@H]1COCCN1Cc1ccccc1. The van der Waals surface area contributed by atoms with Crippen LogP contribution in [-0.2, 0) is 11.3 Å². The first-order valence-electron chi connectivity index (χ1n) is 5.36. The minimum atomic E-state index is 0.152. The van der Waals surface area contributed by atoms with Gasteiger partial charge in [-0.05, 0) is 5.56 Å². The molecular weight excluding hydrogens is 190 g/mol. The van der Waals surface area contributed by atoms with Crippen molar-refractivity contribution in [1.29, 1.82) is 0 Å². The van der Waals surface area contributed by atoms with Crippen LogP contribution in [0.25, 0.3) is 0 Å². The zero-order chi connectivity index (χ0) is 10.5. The molecule has 0 spiro atoms. The van der Waals surface area contributed by atoms with E-state index in [9.17, 15) is 5.11 Å². The molecule has 1 heterocycles. The molecule has 0 saturated carbocycles. The molecule has 0 aliphatic carbocycles. The maximum Gasteiger partial charge on any atom is 0.0644 e. The number of aliphatic hydroxyl groups is 1. The second-order valence-corrected chi connectivity index (χ2v) is 3.87. The Morgan fingerprint density at radius 3 is 2.87 bits per heavy atom. The van der Waals surface area contributed by atoms with Gasteiger partial charge in [0.2, 0.25) is 0 Å². The number of hydrogen-bond acceptors (Lipinski definition) is 3. The van der Waals surface area contributed by atoms with Crippen molar-refractivity contribution in [1.82, 2.24) is 4.90 Å². The summed E-state index contributed by atoms with van der Waals surface area (Å²) in [7, 11) is 0. The fourth-order valence-electron chi connectivity index (χ4n) is 1.88. The largest absolute Gasteiger partial charge is 0.395 e. The molecule has 1 N–H and O–H groups in total. The molecule has 1 aromatic rings. The first kappa shape index (κ1) is 10.6. The summed E-state index contributed by atoms with van der Waals surface area (Å²) in [6.45, 7) is 3.38. The van der Waals surface area contributed by atoms with Crippen LogP contribution in [0.15, 0.2) is 30.3 Å². The number of nitrogens with zero attached hydrogens (tertiary/aromatic N) is 1. The summed E-state index contributed by atoms with van der Waals surface area (Å²) in [6, 6.07) is 10.5. The van der Waals surface area contributed by atoms with Crippen molar-refractivity contribution >= 4 is 0 Å². The Labute approximate surface area is 90.3 Å². The Bertz CT molecular complexity index is 289. The van der Waals surface area contributed by atoms with E-state index in [1.807, 2.05) is 18.2 Å². The summed E-state index contributed by atoms with van der Waals surface area (Å²) in [4.78, 5) is 2.28. The molecule has 1 atom stereocenters. The van der Waals surface area contributed by atoms with Gasteiger partial charge < -0.3 is 9.84 Å². The summed E-state index contributed by atoms with van der Waals surface area (Å²) in [6.07, 6.45) is 0. The Hall–Kier alpha value is -0.900. The molecule has 82 valence electrons. The third-order valence-corrected chi connectivity index (χ3v) is 2.79. The standard InChI is InChI=1S/C12H17NO2/c14-9-12-10-15-7-6-13(12)8-11-4-2-1-3-5-11/h1-5,12,14H,6-10H2/t12-/m0/s1. The van der Waals surface area contributed by atoms with Gasteiger partial charge >= 0.3 is 0 Å². The van der Waals surface area contributed by atoms with Crippen molar-refractivity contribution in [2.24, 2.45) is 0 Å². The van der Waals surface area contributed by atoms with Crippen molar-refractivity contribution < 1.29 is 9.84 Å². The second-order valence-electron chi connectivity index (χ2n) is 3.87. The van der Waals surface area contributed by atoms with Crippen LogP contribution in [0.3, 0.4) is 0 Å². The van der Waals surface area contributed by atoms with Crippen molar-refractivity contribution in [3.05, 3.63) is 35.9 Å². The van der Waals surface area contributed by atoms with E-state index >= 15 is 0 Å². The van der Waals surface area contributed by atoms with Crippen LogP contribution < -0.4 is 0 Å². The molecule has 1 aliphatic heterocycles. The van der Waals surface area contributed by atoms with E-state index in [-0.39, 0.29) is 12.6 Å². The van der Waals surface area contributed by atoms with Crippen LogP contribution in [-0.4, -0.2) is 42.4 Å². The monoisotopic (exact) mass is 207 g/mol. The molecule has 0 unspecified atom stereocenters. The fourth-order valence-corrected chi connectivity index (χ4v) is 1.88. The Morgan fingerprint density at radius 2 is 2.13 bits per heavy atom. The lowest BCUT2D eigenvalue weighted by Crippen LogP contribution is -2.46.